The fourth-order valence-electron chi connectivity index (χ4n) is 1.19. The number of allylic oxidation sites excluding steroid dienone is 4. The molecule has 0 saturated heterocycles. The quantitative estimate of drug-likeness (QED) is 0.525. The van der Waals surface area contributed by atoms with Gasteiger partial charge in [-0.05, 0) is 39.0 Å². The Kier molecular flexibility index (Phi) is 7.54. The molecule has 0 heterocycles. The standard InChI is InChI=1S/C12H20ClN/c1-5-7-10(3)8-12(13)9-11(4)14-6-2/h5,8-9,11,14H,1,6-7H2,2-4H3/b10-8-,12-9+. The normalized spacial score (nSPS) is 15.4. The third-order valence-electron chi connectivity index (χ3n) is 1.79. The molecule has 0 aromatic rings. The second-order valence-corrected chi connectivity index (χ2v) is 3.82. The highest BCUT2D eigenvalue weighted by atomic mass is 35.5. The number of rotatable bonds is 6. The van der Waals surface area contributed by atoms with Crippen molar-refractivity contribution < 1.29 is 0 Å². The van der Waals surface area contributed by atoms with Crippen molar-refractivity contribution in [3.05, 3.63) is 35.4 Å². The predicted octanol–water partition coefficient (Wildman–Crippen LogP) is 3.63. The van der Waals surface area contributed by atoms with Crippen molar-refractivity contribution in [2.75, 3.05) is 6.54 Å². The van der Waals surface area contributed by atoms with Crippen LogP contribution in [0.2, 0.25) is 0 Å². The van der Waals surface area contributed by atoms with E-state index in [-0.39, 0.29) is 0 Å². The van der Waals surface area contributed by atoms with Crippen LogP contribution < -0.4 is 5.32 Å². The summed E-state index contributed by atoms with van der Waals surface area (Å²) in [5, 5.41) is 4.06. The van der Waals surface area contributed by atoms with Crippen LogP contribution in [0.1, 0.15) is 27.2 Å². The van der Waals surface area contributed by atoms with Crippen molar-refractivity contribution in [3.8, 4) is 0 Å². The first kappa shape index (κ1) is 13.5. The van der Waals surface area contributed by atoms with Crippen LogP contribution >= 0.6 is 11.6 Å². The Morgan fingerprint density at radius 1 is 1.57 bits per heavy atom. The molecule has 0 aromatic heterocycles. The van der Waals surface area contributed by atoms with Crippen LogP contribution in [0.4, 0.5) is 0 Å². The van der Waals surface area contributed by atoms with Crippen LogP contribution in [0.25, 0.3) is 0 Å². The monoisotopic (exact) mass is 213 g/mol. The number of nitrogens with one attached hydrogen (secondary N) is 1. The molecule has 0 saturated carbocycles. The maximum Gasteiger partial charge on any atom is 0.0381 e. The molecule has 0 aliphatic heterocycles. The fourth-order valence-corrected chi connectivity index (χ4v) is 1.57. The first-order valence-electron chi connectivity index (χ1n) is 4.99. The topological polar surface area (TPSA) is 12.0 Å². The van der Waals surface area contributed by atoms with Crippen LogP contribution in [-0.4, -0.2) is 12.6 Å². The average Bonchev–Trinajstić information content (AvgIpc) is 2.03. The van der Waals surface area contributed by atoms with Crippen LogP contribution in [0.3, 0.4) is 0 Å². The third-order valence-corrected chi connectivity index (χ3v) is 2.02. The number of hydrogen-bond acceptors (Lipinski definition) is 1. The van der Waals surface area contributed by atoms with Gasteiger partial charge in [0.2, 0.25) is 0 Å². The van der Waals surface area contributed by atoms with Crippen molar-refractivity contribution in [1.29, 1.82) is 0 Å². The van der Waals surface area contributed by atoms with E-state index in [1.54, 1.807) is 0 Å². The molecule has 0 amide bonds. The van der Waals surface area contributed by atoms with E-state index in [4.69, 9.17) is 11.6 Å². The SMILES string of the molecule is C=CC/C(C)=C\C(Cl)=C/C(C)NCC. The molecule has 2 heteroatoms. The largest absolute Gasteiger partial charge is 0.311 e. The predicted molar refractivity (Wildman–Crippen MR) is 65.6 cm³/mol. The molecule has 1 nitrogen and oxygen atoms in total. The molecule has 1 N–H and O–H groups in total. The van der Waals surface area contributed by atoms with E-state index in [2.05, 4.69) is 32.7 Å². The Labute approximate surface area is 92.5 Å². The Morgan fingerprint density at radius 3 is 2.71 bits per heavy atom. The average molecular weight is 214 g/mol. The number of likely N-dealkylation sites (N-methyl/N-ethyl adjacent to an activating group) is 1. The Hall–Kier alpha value is -0.530. The van der Waals surface area contributed by atoms with Crippen molar-refractivity contribution in [1.82, 2.24) is 5.32 Å². The van der Waals surface area contributed by atoms with Crippen LogP contribution in [0.5, 0.6) is 0 Å². The minimum Gasteiger partial charge on any atom is -0.311 e. The van der Waals surface area contributed by atoms with Gasteiger partial charge in [0.25, 0.3) is 0 Å². The summed E-state index contributed by atoms with van der Waals surface area (Å²) in [5.41, 5.74) is 1.23. The smallest absolute Gasteiger partial charge is 0.0381 e. The maximum absolute atomic E-state index is 6.05. The van der Waals surface area contributed by atoms with Gasteiger partial charge in [0.15, 0.2) is 0 Å². The molecule has 0 aliphatic carbocycles. The second-order valence-electron chi connectivity index (χ2n) is 3.38. The van der Waals surface area contributed by atoms with Gasteiger partial charge in [0.05, 0.1) is 0 Å². The van der Waals surface area contributed by atoms with Gasteiger partial charge in [-0.2, -0.15) is 0 Å². The Balaban J connectivity index is 4.23. The molecule has 0 fully saturated rings. The van der Waals surface area contributed by atoms with E-state index in [1.807, 2.05) is 18.2 Å². The molecule has 1 atom stereocenters. The van der Waals surface area contributed by atoms with Crippen molar-refractivity contribution in [2.45, 2.75) is 33.2 Å². The van der Waals surface area contributed by atoms with E-state index in [0.29, 0.717) is 6.04 Å². The molecule has 80 valence electrons. The summed E-state index contributed by atoms with van der Waals surface area (Å²) in [6, 6.07) is 0.320. The molecule has 0 spiro atoms. The first-order valence-corrected chi connectivity index (χ1v) is 5.36. The molecule has 1 unspecified atom stereocenters. The minimum atomic E-state index is 0.320. The van der Waals surface area contributed by atoms with E-state index in [9.17, 15) is 0 Å². The van der Waals surface area contributed by atoms with Crippen LogP contribution in [-0.2, 0) is 0 Å². The van der Waals surface area contributed by atoms with Gasteiger partial charge in [-0.1, -0.05) is 30.2 Å². The lowest BCUT2D eigenvalue weighted by Gasteiger charge is -2.06. The lowest BCUT2D eigenvalue weighted by Crippen LogP contribution is -2.23. The fraction of sp³-hybridized carbons (Fsp3) is 0.500. The zero-order valence-corrected chi connectivity index (χ0v) is 10.1. The summed E-state index contributed by atoms with van der Waals surface area (Å²) in [6.45, 7) is 10.9. The summed E-state index contributed by atoms with van der Waals surface area (Å²) in [7, 11) is 0. The first-order chi connectivity index (χ1) is 6.60. The van der Waals surface area contributed by atoms with Gasteiger partial charge in [0.1, 0.15) is 0 Å². The van der Waals surface area contributed by atoms with Gasteiger partial charge < -0.3 is 5.32 Å². The van der Waals surface area contributed by atoms with Gasteiger partial charge >= 0.3 is 0 Å². The molecule has 0 bridgehead atoms. The van der Waals surface area contributed by atoms with Gasteiger partial charge in [-0.3, -0.25) is 0 Å². The van der Waals surface area contributed by atoms with E-state index in [1.165, 1.54) is 5.57 Å². The van der Waals surface area contributed by atoms with Crippen LogP contribution in [0.15, 0.2) is 35.4 Å². The van der Waals surface area contributed by atoms with E-state index < -0.39 is 0 Å². The van der Waals surface area contributed by atoms with Crippen LogP contribution in [0, 0.1) is 0 Å². The highest BCUT2D eigenvalue weighted by Crippen LogP contribution is 2.11. The van der Waals surface area contributed by atoms with Crippen molar-refractivity contribution >= 4 is 11.6 Å². The summed E-state index contributed by atoms with van der Waals surface area (Å²) >= 11 is 6.05. The van der Waals surface area contributed by atoms with Gasteiger partial charge in [0, 0.05) is 11.1 Å². The van der Waals surface area contributed by atoms with Gasteiger partial charge in [-0.15, -0.1) is 6.58 Å². The molecule has 0 aromatic carbocycles. The molecule has 0 radical (unpaired) electrons. The molecule has 14 heavy (non-hydrogen) atoms. The number of hydrogen-bond donors (Lipinski definition) is 1. The minimum absolute atomic E-state index is 0.320. The number of halogens is 1. The Bertz CT molecular complexity index is 228. The summed E-state index contributed by atoms with van der Waals surface area (Å²) < 4.78 is 0. The summed E-state index contributed by atoms with van der Waals surface area (Å²) in [4.78, 5) is 0. The zero-order valence-electron chi connectivity index (χ0n) is 9.31. The van der Waals surface area contributed by atoms with Crippen molar-refractivity contribution in [2.24, 2.45) is 0 Å². The molecular formula is C12H20ClN. The molecule has 0 rings (SSSR count). The highest BCUT2D eigenvalue weighted by Gasteiger charge is 1.96. The molecule has 0 aliphatic rings. The van der Waals surface area contributed by atoms with Gasteiger partial charge in [-0.25, -0.2) is 0 Å². The third kappa shape index (κ3) is 6.93. The van der Waals surface area contributed by atoms with E-state index >= 15 is 0 Å². The highest BCUT2D eigenvalue weighted by molar-refractivity contribution is 6.31. The summed E-state index contributed by atoms with van der Waals surface area (Å²) in [5.74, 6) is 0. The summed E-state index contributed by atoms with van der Waals surface area (Å²) in [6.07, 6.45) is 6.76. The molecular weight excluding hydrogens is 194 g/mol. The van der Waals surface area contributed by atoms with E-state index in [0.717, 1.165) is 18.0 Å². The lowest BCUT2D eigenvalue weighted by atomic mass is 10.2. The lowest BCUT2D eigenvalue weighted by molar-refractivity contribution is 0.660. The Morgan fingerprint density at radius 2 is 2.21 bits per heavy atom. The zero-order chi connectivity index (χ0) is 11.0. The second kappa shape index (κ2) is 7.84. The van der Waals surface area contributed by atoms with Crippen molar-refractivity contribution in [3.63, 3.8) is 0 Å². The maximum atomic E-state index is 6.05.